The number of methoxy groups -OCH3 is 1. The molecular weight excluding hydrogens is 268 g/mol. The Hall–Kier alpha value is -2.42. The van der Waals surface area contributed by atoms with Gasteiger partial charge in [-0.2, -0.15) is 5.10 Å². The van der Waals surface area contributed by atoms with E-state index in [0.717, 1.165) is 4.68 Å². The summed E-state index contributed by atoms with van der Waals surface area (Å²) in [7, 11) is 1.49. The maximum atomic E-state index is 11.7. The van der Waals surface area contributed by atoms with Crippen molar-refractivity contribution in [1.82, 2.24) is 20.6 Å². The van der Waals surface area contributed by atoms with Crippen LogP contribution in [0.2, 0.25) is 0 Å². The minimum Gasteiger partial charge on any atom is -0.449 e. The molecule has 9 nitrogen and oxygen atoms in total. The molecule has 1 heterocycles. The highest BCUT2D eigenvalue weighted by Gasteiger charge is 2.10. The van der Waals surface area contributed by atoms with Crippen molar-refractivity contribution in [3.63, 3.8) is 0 Å². The topological polar surface area (TPSA) is 112 Å². The molecule has 1 aromatic heterocycles. The summed E-state index contributed by atoms with van der Waals surface area (Å²) in [6, 6.07) is 2.47. The van der Waals surface area contributed by atoms with E-state index < -0.39 is 12.0 Å². The van der Waals surface area contributed by atoms with E-state index in [4.69, 9.17) is 4.74 Å². The van der Waals surface area contributed by atoms with Gasteiger partial charge in [-0.15, -0.1) is 0 Å². The summed E-state index contributed by atoms with van der Waals surface area (Å²) in [5.74, 6) is -0.663. The molecule has 0 aromatic carbocycles. The molecule has 0 bridgehead atoms. The Labute approximate surface area is 114 Å². The van der Waals surface area contributed by atoms with Crippen LogP contribution >= 0.6 is 0 Å². The summed E-state index contributed by atoms with van der Waals surface area (Å²) in [5.41, 5.74) is 3.79. The van der Waals surface area contributed by atoms with Crippen molar-refractivity contribution in [1.29, 1.82) is 0 Å². The van der Waals surface area contributed by atoms with E-state index in [1.54, 1.807) is 6.92 Å². The summed E-state index contributed by atoms with van der Waals surface area (Å²) in [6.45, 7) is 2.33. The van der Waals surface area contributed by atoms with Crippen LogP contribution in [-0.2, 0) is 16.0 Å². The van der Waals surface area contributed by atoms with Crippen LogP contribution in [0.5, 0.6) is 0 Å². The maximum absolute atomic E-state index is 11.7. The quantitative estimate of drug-likeness (QED) is 0.690. The average molecular weight is 284 g/mol. The van der Waals surface area contributed by atoms with Gasteiger partial charge in [0.15, 0.2) is 5.69 Å². The summed E-state index contributed by atoms with van der Waals surface area (Å²) in [6.07, 6.45) is -0.784. The summed E-state index contributed by atoms with van der Waals surface area (Å²) in [4.78, 5) is 34.2. The van der Waals surface area contributed by atoms with Gasteiger partial charge in [-0.3, -0.25) is 15.0 Å². The second-order valence-corrected chi connectivity index (χ2v) is 3.57. The van der Waals surface area contributed by atoms with Crippen LogP contribution in [0.15, 0.2) is 16.9 Å². The van der Waals surface area contributed by atoms with Crippen molar-refractivity contribution >= 4 is 12.0 Å². The molecule has 1 aromatic rings. The zero-order chi connectivity index (χ0) is 15.0. The van der Waals surface area contributed by atoms with E-state index in [9.17, 15) is 14.4 Å². The zero-order valence-corrected chi connectivity index (χ0v) is 11.2. The van der Waals surface area contributed by atoms with Gasteiger partial charge in [-0.25, -0.2) is 14.9 Å². The predicted molar refractivity (Wildman–Crippen MR) is 68.0 cm³/mol. The molecule has 0 saturated heterocycles. The molecule has 0 aliphatic heterocycles. The molecule has 110 valence electrons. The van der Waals surface area contributed by atoms with E-state index in [1.165, 1.54) is 19.2 Å². The van der Waals surface area contributed by atoms with Crippen molar-refractivity contribution in [2.24, 2.45) is 0 Å². The first kappa shape index (κ1) is 15.6. The van der Waals surface area contributed by atoms with Crippen LogP contribution in [0.25, 0.3) is 0 Å². The smallest absolute Gasteiger partial charge is 0.426 e. The third-order valence-corrected chi connectivity index (χ3v) is 2.16. The van der Waals surface area contributed by atoms with Gasteiger partial charge in [-0.05, 0) is 13.0 Å². The third kappa shape index (κ3) is 4.69. The first-order valence-electron chi connectivity index (χ1n) is 5.88. The average Bonchev–Trinajstić information content (AvgIpc) is 2.44. The van der Waals surface area contributed by atoms with Gasteiger partial charge in [0.2, 0.25) is 0 Å². The number of ether oxygens (including phenoxy) is 2. The minimum absolute atomic E-state index is 0.0162. The van der Waals surface area contributed by atoms with Gasteiger partial charge in [0.25, 0.3) is 11.5 Å². The lowest BCUT2D eigenvalue weighted by Crippen LogP contribution is -2.42. The van der Waals surface area contributed by atoms with Crippen molar-refractivity contribution < 1.29 is 19.1 Å². The van der Waals surface area contributed by atoms with Crippen molar-refractivity contribution in [3.8, 4) is 0 Å². The Bertz CT molecular complexity index is 528. The minimum atomic E-state index is -0.784. The number of carbonyl (C=O) groups excluding carboxylic acids is 2. The number of nitrogens with zero attached hydrogens (tertiary/aromatic N) is 2. The number of rotatable bonds is 5. The number of carbonyl (C=O) groups is 2. The molecule has 0 saturated carbocycles. The Morgan fingerprint density at radius 2 is 2.10 bits per heavy atom. The highest BCUT2D eigenvalue weighted by Crippen LogP contribution is 1.90. The molecule has 20 heavy (non-hydrogen) atoms. The number of nitrogens with one attached hydrogen (secondary N) is 2. The van der Waals surface area contributed by atoms with Gasteiger partial charge in [0.1, 0.15) is 0 Å². The molecule has 0 unspecified atom stereocenters. The zero-order valence-electron chi connectivity index (χ0n) is 11.2. The molecule has 0 fully saturated rings. The van der Waals surface area contributed by atoms with E-state index in [1.807, 2.05) is 5.43 Å². The number of aromatic nitrogens is 2. The molecule has 9 heteroatoms. The highest BCUT2D eigenvalue weighted by atomic mass is 16.6. The van der Waals surface area contributed by atoms with Gasteiger partial charge in [0.05, 0.1) is 19.8 Å². The molecule has 0 spiro atoms. The van der Waals surface area contributed by atoms with Crippen LogP contribution in [0.1, 0.15) is 17.4 Å². The molecule has 0 radical (unpaired) electrons. The molecule has 2 N–H and O–H groups in total. The number of hydrogen-bond acceptors (Lipinski definition) is 6. The Morgan fingerprint density at radius 1 is 1.35 bits per heavy atom. The van der Waals surface area contributed by atoms with Crippen LogP contribution in [0.4, 0.5) is 4.79 Å². The summed E-state index contributed by atoms with van der Waals surface area (Å²) >= 11 is 0. The fourth-order valence-electron chi connectivity index (χ4n) is 1.25. The molecule has 0 aliphatic rings. The Morgan fingerprint density at radius 3 is 2.75 bits per heavy atom. The van der Waals surface area contributed by atoms with Crippen LogP contribution < -0.4 is 16.4 Å². The van der Waals surface area contributed by atoms with E-state index in [2.05, 4.69) is 15.3 Å². The van der Waals surface area contributed by atoms with Crippen molar-refractivity contribution in [2.75, 3.05) is 20.3 Å². The Balaban J connectivity index is 2.68. The number of hydrazine groups is 1. The van der Waals surface area contributed by atoms with E-state index in [-0.39, 0.29) is 24.4 Å². The third-order valence-electron chi connectivity index (χ3n) is 2.16. The lowest BCUT2D eigenvalue weighted by molar-refractivity contribution is 0.0904. The van der Waals surface area contributed by atoms with Crippen molar-refractivity contribution in [3.05, 3.63) is 28.2 Å². The van der Waals surface area contributed by atoms with Gasteiger partial charge >= 0.3 is 6.09 Å². The largest absolute Gasteiger partial charge is 0.449 e. The number of hydrogen-bond donors (Lipinski definition) is 2. The first-order valence-corrected chi connectivity index (χ1v) is 5.88. The monoisotopic (exact) mass is 284 g/mol. The Kier molecular flexibility index (Phi) is 6.17. The predicted octanol–water partition coefficient (Wildman–Crippen LogP) is -0.719. The van der Waals surface area contributed by atoms with Crippen LogP contribution in [0.3, 0.4) is 0 Å². The fraction of sp³-hybridized carbons (Fsp3) is 0.455. The highest BCUT2D eigenvalue weighted by molar-refractivity contribution is 5.92. The number of amides is 2. The molecular formula is C11H16N4O5. The van der Waals surface area contributed by atoms with Gasteiger partial charge in [0, 0.05) is 13.2 Å². The van der Waals surface area contributed by atoms with Crippen LogP contribution in [-0.4, -0.2) is 42.1 Å². The second kappa shape index (κ2) is 7.89. The SMILES string of the molecule is CCOC(=O)NNC(=O)c1ccc(=O)n(CCOC)n1. The van der Waals surface area contributed by atoms with E-state index >= 15 is 0 Å². The normalized spacial score (nSPS) is 9.90. The molecule has 0 atom stereocenters. The van der Waals surface area contributed by atoms with E-state index in [0.29, 0.717) is 6.61 Å². The molecule has 2 amide bonds. The van der Waals surface area contributed by atoms with Gasteiger partial charge in [-0.1, -0.05) is 0 Å². The first-order chi connectivity index (χ1) is 9.58. The standard InChI is InChI=1S/C11H16N4O5/c1-3-20-11(18)13-12-10(17)8-4-5-9(16)15(14-8)6-7-19-2/h4-5H,3,6-7H2,1-2H3,(H,12,17)(H,13,18). The molecule has 1 rings (SSSR count). The van der Waals surface area contributed by atoms with Crippen LogP contribution in [0, 0.1) is 0 Å². The lowest BCUT2D eigenvalue weighted by atomic mass is 10.4. The summed E-state index contributed by atoms with van der Waals surface area (Å²) in [5, 5.41) is 3.85. The summed E-state index contributed by atoms with van der Waals surface area (Å²) < 4.78 is 10.5. The van der Waals surface area contributed by atoms with Gasteiger partial charge < -0.3 is 9.47 Å². The maximum Gasteiger partial charge on any atom is 0.426 e. The lowest BCUT2D eigenvalue weighted by Gasteiger charge is -2.08. The second-order valence-electron chi connectivity index (χ2n) is 3.57. The molecule has 0 aliphatic carbocycles. The van der Waals surface area contributed by atoms with Crippen molar-refractivity contribution in [2.45, 2.75) is 13.5 Å². The fourth-order valence-corrected chi connectivity index (χ4v) is 1.25.